The Morgan fingerprint density at radius 1 is 1.08 bits per heavy atom. The van der Waals surface area contributed by atoms with E-state index in [1.165, 1.54) is 31.2 Å². The highest BCUT2D eigenvalue weighted by Crippen LogP contribution is 2.44. The third-order valence-electron chi connectivity index (χ3n) is 5.53. The molecule has 2 fully saturated rings. The third kappa shape index (κ3) is 4.12. The van der Waals surface area contributed by atoms with E-state index >= 15 is 0 Å². The molecular weight excluding hydrogens is 298 g/mol. The van der Waals surface area contributed by atoms with Crippen LogP contribution in [0.3, 0.4) is 0 Å². The maximum atomic E-state index is 12.6. The molecule has 0 unspecified atom stereocenters. The van der Waals surface area contributed by atoms with Crippen molar-refractivity contribution < 1.29 is 9.53 Å². The number of benzene rings is 1. The van der Waals surface area contributed by atoms with Gasteiger partial charge in [0.05, 0.1) is 0 Å². The van der Waals surface area contributed by atoms with Crippen molar-refractivity contribution in [2.75, 3.05) is 13.1 Å². The number of rotatable bonds is 1. The summed E-state index contributed by atoms with van der Waals surface area (Å²) in [5, 5.41) is 0. The molecule has 1 aliphatic carbocycles. The molecule has 0 N–H and O–H groups in total. The quantitative estimate of drug-likeness (QED) is 0.707. The van der Waals surface area contributed by atoms with E-state index in [0.717, 1.165) is 19.5 Å². The molecule has 1 saturated heterocycles. The lowest BCUT2D eigenvalue weighted by Gasteiger charge is -2.36. The summed E-state index contributed by atoms with van der Waals surface area (Å²) >= 11 is 0. The van der Waals surface area contributed by atoms with E-state index in [0.29, 0.717) is 17.8 Å². The first-order valence-corrected chi connectivity index (χ1v) is 9.47. The predicted octanol–water partition coefficient (Wildman–Crippen LogP) is 5.22. The standard InChI is InChI=1S/C21H31NO2/c1-21(2,3)24-20(23)22-14-13-19(16-9-5-4-6-10-16)18-12-8-7-11-17(18)15-22/h4-6,9-10,17-19H,7-8,11-15H2,1-3H3/t17-,18+,19-/m0/s1. The first-order valence-electron chi connectivity index (χ1n) is 9.47. The van der Waals surface area contributed by atoms with E-state index in [1.807, 2.05) is 25.7 Å². The smallest absolute Gasteiger partial charge is 0.410 e. The fraction of sp³-hybridized carbons (Fsp3) is 0.667. The fourth-order valence-electron chi connectivity index (χ4n) is 4.48. The molecule has 3 nitrogen and oxygen atoms in total. The van der Waals surface area contributed by atoms with Gasteiger partial charge in [0.1, 0.15) is 5.60 Å². The van der Waals surface area contributed by atoms with Crippen molar-refractivity contribution in [2.45, 2.75) is 64.4 Å². The molecule has 1 heterocycles. The van der Waals surface area contributed by atoms with Crippen molar-refractivity contribution in [3.8, 4) is 0 Å². The molecule has 1 aliphatic heterocycles. The fourth-order valence-corrected chi connectivity index (χ4v) is 4.48. The van der Waals surface area contributed by atoms with E-state index in [2.05, 4.69) is 30.3 Å². The molecule has 132 valence electrons. The lowest BCUT2D eigenvalue weighted by molar-refractivity contribution is 0.0216. The number of hydrogen-bond donors (Lipinski definition) is 0. The second-order valence-electron chi connectivity index (χ2n) is 8.44. The highest BCUT2D eigenvalue weighted by Gasteiger charge is 2.38. The molecule has 0 radical (unpaired) electrons. The van der Waals surface area contributed by atoms with Gasteiger partial charge in [-0.25, -0.2) is 4.79 Å². The number of ether oxygens (including phenoxy) is 1. The van der Waals surface area contributed by atoms with E-state index < -0.39 is 5.60 Å². The number of nitrogens with zero attached hydrogens (tertiary/aromatic N) is 1. The third-order valence-corrected chi connectivity index (χ3v) is 5.53. The molecule has 3 atom stereocenters. The summed E-state index contributed by atoms with van der Waals surface area (Å²) in [4.78, 5) is 14.6. The SMILES string of the molecule is CC(C)(C)OC(=O)N1CC[C@@H](c2ccccc2)[C@@H]2CCCC[C@H]2C1. The van der Waals surface area contributed by atoms with Crippen LogP contribution < -0.4 is 0 Å². The Kier molecular flexibility index (Phi) is 5.17. The monoisotopic (exact) mass is 329 g/mol. The van der Waals surface area contributed by atoms with Crippen LogP contribution in [-0.2, 0) is 4.74 Å². The van der Waals surface area contributed by atoms with Gasteiger partial charge in [-0.2, -0.15) is 0 Å². The molecule has 0 spiro atoms. The van der Waals surface area contributed by atoms with Gasteiger partial charge in [-0.05, 0) is 63.4 Å². The van der Waals surface area contributed by atoms with Crippen molar-refractivity contribution >= 4 is 6.09 Å². The van der Waals surface area contributed by atoms with Gasteiger partial charge in [-0.3, -0.25) is 0 Å². The number of amides is 1. The number of fused-ring (bicyclic) bond motifs is 1. The number of carbonyl (C=O) groups excluding carboxylic acids is 1. The van der Waals surface area contributed by atoms with E-state index in [9.17, 15) is 4.79 Å². The van der Waals surface area contributed by atoms with Crippen molar-refractivity contribution in [1.82, 2.24) is 4.90 Å². The number of likely N-dealkylation sites (tertiary alicyclic amines) is 1. The van der Waals surface area contributed by atoms with Gasteiger partial charge in [0, 0.05) is 13.1 Å². The maximum absolute atomic E-state index is 12.6. The molecule has 0 bridgehead atoms. The van der Waals surface area contributed by atoms with Crippen LogP contribution >= 0.6 is 0 Å². The van der Waals surface area contributed by atoms with E-state index in [-0.39, 0.29) is 6.09 Å². The molecule has 1 saturated carbocycles. The predicted molar refractivity (Wildman–Crippen MR) is 97.1 cm³/mol. The van der Waals surface area contributed by atoms with Gasteiger partial charge in [-0.1, -0.05) is 43.2 Å². The van der Waals surface area contributed by atoms with Gasteiger partial charge >= 0.3 is 6.09 Å². The second kappa shape index (κ2) is 7.16. The van der Waals surface area contributed by atoms with Crippen LogP contribution in [0, 0.1) is 11.8 Å². The summed E-state index contributed by atoms with van der Waals surface area (Å²) < 4.78 is 5.64. The topological polar surface area (TPSA) is 29.5 Å². The molecule has 1 amide bonds. The summed E-state index contributed by atoms with van der Waals surface area (Å²) in [6.07, 6.45) is 6.08. The van der Waals surface area contributed by atoms with Crippen molar-refractivity contribution in [3.63, 3.8) is 0 Å². The summed E-state index contributed by atoms with van der Waals surface area (Å²) in [6.45, 7) is 7.50. The molecule has 3 heteroatoms. The molecule has 1 aromatic carbocycles. The van der Waals surface area contributed by atoms with Crippen molar-refractivity contribution in [2.24, 2.45) is 11.8 Å². The Bertz CT molecular complexity index is 549. The largest absolute Gasteiger partial charge is 0.444 e. The first-order chi connectivity index (χ1) is 11.4. The van der Waals surface area contributed by atoms with Gasteiger partial charge in [-0.15, -0.1) is 0 Å². The van der Waals surface area contributed by atoms with Crippen molar-refractivity contribution in [3.05, 3.63) is 35.9 Å². The first kappa shape index (κ1) is 17.3. The highest BCUT2D eigenvalue weighted by molar-refractivity contribution is 5.68. The van der Waals surface area contributed by atoms with Crippen LogP contribution in [0.2, 0.25) is 0 Å². The molecule has 24 heavy (non-hydrogen) atoms. The summed E-state index contributed by atoms with van der Waals surface area (Å²) in [5.74, 6) is 1.89. The summed E-state index contributed by atoms with van der Waals surface area (Å²) in [6, 6.07) is 10.9. The molecule has 2 aliphatic rings. The molecule has 1 aromatic rings. The minimum Gasteiger partial charge on any atom is -0.444 e. The van der Waals surface area contributed by atoms with E-state index in [1.54, 1.807) is 0 Å². The second-order valence-corrected chi connectivity index (χ2v) is 8.44. The molecule has 3 rings (SSSR count). The average molecular weight is 329 g/mol. The summed E-state index contributed by atoms with van der Waals surface area (Å²) in [7, 11) is 0. The highest BCUT2D eigenvalue weighted by atomic mass is 16.6. The van der Waals surface area contributed by atoms with Gasteiger partial charge in [0.15, 0.2) is 0 Å². The van der Waals surface area contributed by atoms with Crippen LogP contribution in [0.5, 0.6) is 0 Å². The van der Waals surface area contributed by atoms with Crippen LogP contribution in [0.4, 0.5) is 4.79 Å². The van der Waals surface area contributed by atoms with Crippen LogP contribution in [0.15, 0.2) is 30.3 Å². The Morgan fingerprint density at radius 3 is 2.50 bits per heavy atom. The van der Waals surface area contributed by atoms with E-state index in [4.69, 9.17) is 4.74 Å². The maximum Gasteiger partial charge on any atom is 0.410 e. The van der Waals surface area contributed by atoms with Gasteiger partial charge in [0.2, 0.25) is 0 Å². The minimum absolute atomic E-state index is 0.138. The Balaban J connectivity index is 1.79. The van der Waals surface area contributed by atoms with Crippen molar-refractivity contribution in [1.29, 1.82) is 0 Å². The lowest BCUT2D eigenvalue weighted by Crippen LogP contribution is -2.40. The number of carbonyl (C=O) groups is 1. The molecule has 0 aromatic heterocycles. The average Bonchev–Trinajstić information content (AvgIpc) is 2.74. The van der Waals surface area contributed by atoms with Gasteiger partial charge < -0.3 is 9.64 Å². The Morgan fingerprint density at radius 2 is 1.79 bits per heavy atom. The summed E-state index contributed by atoms with van der Waals surface area (Å²) in [5.41, 5.74) is 1.02. The zero-order valence-electron chi connectivity index (χ0n) is 15.3. The minimum atomic E-state index is -0.422. The Labute approximate surface area is 146 Å². The lowest BCUT2D eigenvalue weighted by atomic mass is 9.70. The number of hydrogen-bond acceptors (Lipinski definition) is 2. The van der Waals surface area contributed by atoms with Crippen LogP contribution in [0.1, 0.15) is 64.4 Å². The zero-order valence-corrected chi connectivity index (χ0v) is 15.3. The van der Waals surface area contributed by atoms with Gasteiger partial charge in [0.25, 0.3) is 0 Å². The Hall–Kier alpha value is -1.51. The van der Waals surface area contributed by atoms with Crippen LogP contribution in [0.25, 0.3) is 0 Å². The molecular formula is C21H31NO2. The van der Waals surface area contributed by atoms with Crippen LogP contribution in [-0.4, -0.2) is 29.7 Å². The normalized spacial score (nSPS) is 28.0. The zero-order chi connectivity index (χ0) is 17.2.